The quantitative estimate of drug-likeness (QED) is 0.676. The second kappa shape index (κ2) is 5.66. The molecular weight excluding hydrogens is 266 g/mol. The zero-order valence-electron chi connectivity index (χ0n) is 11.6. The van der Waals surface area contributed by atoms with Crippen molar-refractivity contribution in [3.63, 3.8) is 0 Å². The molecule has 0 spiro atoms. The van der Waals surface area contributed by atoms with Crippen LogP contribution >= 0.6 is 0 Å². The first-order chi connectivity index (χ1) is 10.2. The van der Waals surface area contributed by atoms with Gasteiger partial charge in [-0.25, -0.2) is 0 Å². The van der Waals surface area contributed by atoms with Crippen LogP contribution < -0.4 is 0 Å². The van der Waals surface area contributed by atoms with Crippen LogP contribution in [0.4, 0.5) is 5.69 Å². The first-order valence-corrected chi connectivity index (χ1v) is 7.12. The summed E-state index contributed by atoms with van der Waals surface area (Å²) in [6, 6.07) is 16.8. The highest BCUT2D eigenvalue weighted by molar-refractivity contribution is 5.40. The fourth-order valence-electron chi connectivity index (χ4n) is 2.96. The average Bonchev–Trinajstić information content (AvgIpc) is 3.29. The van der Waals surface area contributed by atoms with Crippen molar-refractivity contribution < 1.29 is 10.0 Å². The lowest BCUT2D eigenvalue weighted by Crippen LogP contribution is -2.15. The highest BCUT2D eigenvalue weighted by Gasteiger charge is 2.43. The van der Waals surface area contributed by atoms with E-state index in [9.17, 15) is 15.2 Å². The number of hydrogen-bond acceptors (Lipinski definition) is 3. The van der Waals surface area contributed by atoms with Crippen LogP contribution in [-0.4, -0.2) is 16.1 Å². The van der Waals surface area contributed by atoms with Gasteiger partial charge in [0.05, 0.1) is 11.0 Å². The van der Waals surface area contributed by atoms with Crippen molar-refractivity contribution in [1.82, 2.24) is 0 Å². The second-order valence-electron chi connectivity index (χ2n) is 5.57. The maximum Gasteiger partial charge on any atom is 0.272 e. The largest absolute Gasteiger partial charge is 0.392 e. The summed E-state index contributed by atoms with van der Waals surface area (Å²) in [7, 11) is 0. The summed E-state index contributed by atoms with van der Waals surface area (Å²) in [5.74, 6) is 0.580. The number of rotatable bonds is 5. The third-order valence-corrected chi connectivity index (χ3v) is 4.18. The molecule has 3 atom stereocenters. The van der Waals surface area contributed by atoms with Crippen molar-refractivity contribution in [2.75, 3.05) is 0 Å². The number of aliphatic hydroxyl groups excluding tert-OH is 1. The van der Waals surface area contributed by atoms with Crippen LogP contribution in [0.3, 0.4) is 0 Å². The molecule has 0 bridgehead atoms. The number of nitro groups is 1. The van der Waals surface area contributed by atoms with E-state index in [0.717, 1.165) is 6.42 Å². The Morgan fingerprint density at radius 3 is 2.52 bits per heavy atom. The molecule has 3 unspecified atom stereocenters. The Kier molecular flexibility index (Phi) is 3.71. The number of hydrogen-bond donors (Lipinski definition) is 1. The number of benzene rings is 2. The molecule has 4 heteroatoms. The van der Waals surface area contributed by atoms with Crippen molar-refractivity contribution in [2.45, 2.75) is 24.9 Å². The first-order valence-electron chi connectivity index (χ1n) is 7.12. The van der Waals surface area contributed by atoms with E-state index in [1.165, 1.54) is 11.6 Å². The summed E-state index contributed by atoms with van der Waals surface area (Å²) >= 11 is 0. The van der Waals surface area contributed by atoms with Crippen LogP contribution in [0.15, 0.2) is 54.6 Å². The van der Waals surface area contributed by atoms with Crippen LogP contribution in [0, 0.1) is 16.0 Å². The fraction of sp³-hybridized carbons (Fsp3) is 0.294. The first kappa shape index (κ1) is 13.8. The Bertz CT molecular complexity index is 641. The monoisotopic (exact) mass is 283 g/mol. The maximum absolute atomic E-state index is 11.0. The van der Waals surface area contributed by atoms with E-state index in [4.69, 9.17) is 0 Å². The van der Waals surface area contributed by atoms with Gasteiger partial charge in [0.2, 0.25) is 0 Å². The van der Waals surface area contributed by atoms with Crippen molar-refractivity contribution in [2.24, 2.45) is 5.92 Å². The van der Waals surface area contributed by atoms with Gasteiger partial charge in [-0.2, -0.15) is 0 Å². The van der Waals surface area contributed by atoms with E-state index in [1.807, 2.05) is 18.2 Å². The van der Waals surface area contributed by atoms with E-state index >= 15 is 0 Å². The van der Waals surface area contributed by atoms with Gasteiger partial charge in [0.25, 0.3) is 5.69 Å². The molecule has 0 aliphatic heterocycles. The lowest BCUT2D eigenvalue weighted by atomic mass is 10.00. The molecular formula is C17H17NO3. The van der Waals surface area contributed by atoms with Gasteiger partial charge in [0.1, 0.15) is 0 Å². The summed E-state index contributed by atoms with van der Waals surface area (Å²) < 4.78 is 0. The van der Waals surface area contributed by atoms with Gasteiger partial charge in [-0.05, 0) is 23.8 Å². The summed E-state index contributed by atoms with van der Waals surface area (Å²) in [6.07, 6.45) is 0.757. The van der Waals surface area contributed by atoms with Gasteiger partial charge in [0.15, 0.2) is 0 Å². The SMILES string of the molecule is O=[N+]([O-])c1ccccc1CC(O)C1CC1c1ccccc1. The number of nitrogens with zero attached hydrogens (tertiary/aromatic N) is 1. The molecule has 1 fully saturated rings. The molecule has 1 N–H and O–H groups in total. The van der Waals surface area contributed by atoms with Crippen molar-refractivity contribution >= 4 is 5.69 Å². The molecule has 0 radical (unpaired) electrons. The third kappa shape index (κ3) is 2.95. The normalized spacial score (nSPS) is 21.8. The Hall–Kier alpha value is -2.20. The summed E-state index contributed by atoms with van der Waals surface area (Å²) in [5.41, 5.74) is 1.94. The van der Waals surface area contributed by atoms with E-state index in [0.29, 0.717) is 17.9 Å². The Labute approximate surface area is 123 Å². The Morgan fingerprint density at radius 2 is 1.81 bits per heavy atom. The van der Waals surface area contributed by atoms with Crippen LogP contribution in [0.2, 0.25) is 0 Å². The van der Waals surface area contributed by atoms with Crippen LogP contribution in [0.5, 0.6) is 0 Å². The predicted octanol–water partition coefficient (Wildman–Crippen LogP) is 3.30. The molecule has 2 aromatic carbocycles. The van der Waals surface area contributed by atoms with Crippen LogP contribution in [-0.2, 0) is 6.42 Å². The minimum Gasteiger partial charge on any atom is -0.392 e. The standard InChI is InChI=1S/C17H17NO3/c19-17(10-13-8-4-5-9-16(13)18(20)21)15-11-14(15)12-6-2-1-3-7-12/h1-9,14-15,17,19H,10-11H2. The van der Waals surface area contributed by atoms with Crippen LogP contribution in [0.25, 0.3) is 0 Å². The van der Waals surface area contributed by atoms with Crippen molar-refractivity contribution in [1.29, 1.82) is 0 Å². The molecule has 3 rings (SSSR count). The molecule has 108 valence electrons. The maximum atomic E-state index is 11.0. The number of para-hydroxylation sites is 1. The van der Waals surface area contributed by atoms with Gasteiger partial charge in [-0.15, -0.1) is 0 Å². The van der Waals surface area contributed by atoms with Crippen molar-refractivity contribution in [3.8, 4) is 0 Å². The predicted molar refractivity (Wildman–Crippen MR) is 80.1 cm³/mol. The van der Waals surface area contributed by atoms with E-state index in [1.54, 1.807) is 18.2 Å². The summed E-state index contributed by atoms with van der Waals surface area (Å²) in [4.78, 5) is 10.6. The van der Waals surface area contributed by atoms with E-state index < -0.39 is 6.10 Å². The summed E-state index contributed by atoms with van der Waals surface area (Å²) in [5, 5.41) is 21.4. The Morgan fingerprint density at radius 1 is 1.14 bits per heavy atom. The number of nitro benzene ring substituents is 1. The van der Waals surface area contributed by atoms with Gasteiger partial charge >= 0.3 is 0 Å². The topological polar surface area (TPSA) is 63.4 Å². The lowest BCUT2D eigenvalue weighted by Gasteiger charge is -2.11. The van der Waals surface area contributed by atoms with E-state index in [-0.39, 0.29) is 16.5 Å². The molecule has 0 saturated heterocycles. The van der Waals surface area contributed by atoms with Gasteiger partial charge in [-0.3, -0.25) is 10.1 Å². The van der Waals surface area contributed by atoms with Crippen LogP contribution in [0.1, 0.15) is 23.5 Å². The molecule has 1 aliphatic carbocycles. The van der Waals surface area contributed by atoms with Crippen molar-refractivity contribution in [3.05, 3.63) is 75.8 Å². The fourth-order valence-corrected chi connectivity index (χ4v) is 2.96. The molecule has 4 nitrogen and oxygen atoms in total. The number of aliphatic hydroxyl groups is 1. The smallest absolute Gasteiger partial charge is 0.272 e. The second-order valence-corrected chi connectivity index (χ2v) is 5.57. The average molecular weight is 283 g/mol. The lowest BCUT2D eigenvalue weighted by molar-refractivity contribution is -0.385. The minimum absolute atomic E-state index is 0.0912. The molecule has 0 heterocycles. The highest BCUT2D eigenvalue weighted by Crippen LogP contribution is 2.50. The molecule has 21 heavy (non-hydrogen) atoms. The van der Waals surface area contributed by atoms with Gasteiger partial charge < -0.3 is 5.11 Å². The minimum atomic E-state index is -0.531. The molecule has 0 amide bonds. The van der Waals surface area contributed by atoms with E-state index in [2.05, 4.69) is 12.1 Å². The van der Waals surface area contributed by atoms with Gasteiger partial charge in [-0.1, -0.05) is 48.5 Å². The third-order valence-electron chi connectivity index (χ3n) is 4.18. The summed E-state index contributed by atoms with van der Waals surface area (Å²) in [6.45, 7) is 0. The Balaban J connectivity index is 1.69. The molecule has 2 aromatic rings. The molecule has 1 saturated carbocycles. The van der Waals surface area contributed by atoms with Gasteiger partial charge in [0, 0.05) is 18.1 Å². The zero-order valence-corrected chi connectivity index (χ0v) is 11.6. The highest BCUT2D eigenvalue weighted by atomic mass is 16.6. The zero-order chi connectivity index (χ0) is 14.8. The molecule has 0 aromatic heterocycles. The molecule has 1 aliphatic rings.